The smallest absolute Gasteiger partial charge is 0.251 e. The van der Waals surface area contributed by atoms with Crippen LogP contribution in [0.4, 0.5) is 10.2 Å². The van der Waals surface area contributed by atoms with E-state index in [0.29, 0.717) is 16.7 Å². The molecule has 36 heavy (non-hydrogen) atoms. The van der Waals surface area contributed by atoms with E-state index >= 15 is 0 Å². The van der Waals surface area contributed by atoms with Crippen LogP contribution in [0.5, 0.6) is 0 Å². The van der Waals surface area contributed by atoms with Crippen LogP contribution in [0.25, 0.3) is 11.1 Å². The Hall–Kier alpha value is -3.32. The van der Waals surface area contributed by atoms with Gasteiger partial charge in [-0.25, -0.2) is 9.37 Å². The highest BCUT2D eigenvalue weighted by atomic mass is 19.1. The molecule has 2 saturated heterocycles. The Morgan fingerprint density at radius 1 is 1.03 bits per heavy atom. The maximum absolute atomic E-state index is 14.4. The summed E-state index contributed by atoms with van der Waals surface area (Å²) in [6.45, 7) is 7.22. The lowest BCUT2D eigenvalue weighted by molar-refractivity contribution is 0.0909. The summed E-state index contributed by atoms with van der Waals surface area (Å²) in [5.74, 6) is 1.37. The zero-order valence-corrected chi connectivity index (χ0v) is 20.9. The summed E-state index contributed by atoms with van der Waals surface area (Å²) in [6.07, 6.45) is 9.51. The molecule has 1 amide bonds. The zero-order chi connectivity index (χ0) is 24.9. The Bertz CT molecular complexity index is 1150. The van der Waals surface area contributed by atoms with Gasteiger partial charge in [0.05, 0.1) is 0 Å². The average molecular weight is 488 g/mol. The number of hydrogen-bond donors (Lipinski definition) is 1. The van der Waals surface area contributed by atoms with Crippen molar-refractivity contribution in [1.82, 2.24) is 20.2 Å². The monoisotopic (exact) mass is 487 g/mol. The van der Waals surface area contributed by atoms with E-state index < -0.39 is 0 Å². The van der Waals surface area contributed by atoms with Gasteiger partial charge in [-0.1, -0.05) is 19.1 Å². The number of hydrogen-bond acceptors (Lipinski definition) is 5. The summed E-state index contributed by atoms with van der Waals surface area (Å²) in [5, 5.41) is 3.14. The number of likely N-dealkylation sites (tertiary alicyclic amines) is 1. The van der Waals surface area contributed by atoms with Gasteiger partial charge in [-0.15, -0.1) is 0 Å². The number of halogens is 1. The third-order valence-corrected chi connectivity index (χ3v) is 7.45. The molecule has 0 aliphatic carbocycles. The fraction of sp³-hybridized carbons (Fsp3) is 0.414. The first-order valence-corrected chi connectivity index (χ1v) is 13.0. The molecule has 0 saturated carbocycles. The summed E-state index contributed by atoms with van der Waals surface area (Å²) < 4.78 is 14.4. The number of nitrogens with zero attached hydrogens (tertiary/aromatic N) is 4. The van der Waals surface area contributed by atoms with Gasteiger partial charge >= 0.3 is 0 Å². The van der Waals surface area contributed by atoms with Gasteiger partial charge in [0.25, 0.3) is 5.91 Å². The summed E-state index contributed by atoms with van der Waals surface area (Å²) in [4.78, 5) is 26.5. The second-order valence-electron chi connectivity index (χ2n) is 10.2. The van der Waals surface area contributed by atoms with Gasteiger partial charge in [0.2, 0.25) is 0 Å². The third kappa shape index (κ3) is 5.90. The molecule has 0 atom stereocenters. The molecule has 0 spiro atoms. The molecule has 0 bridgehead atoms. The van der Waals surface area contributed by atoms with Crippen molar-refractivity contribution in [3.8, 4) is 11.1 Å². The van der Waals surface area contributed by atoms with Crippen molar-refractivity contribution in [3.63, 3.8) is 0 Å². The van der Waals surface area contributed by atoms with Crippen molar-refractivity contribution in [2.45, 2.75) is 45.2 Å². The van der Waals surface area contributed by atoms with E-state index in [0.717, 1.165) is 57.3 Å². The zero-order valence-electron chi connectivity index (χ0n) is 20.9. The molecule has 2 fully saturated rings. The minimum Gasteiger partial charge on any atom is -0.357 e. The number of piperidine rings is 2. The number of benzene rings is 1. The van der Waals surface area contributed by atoms with Crippen LogP contribution < -0.4 is 10.2 Å². The first-order chi connectivity index (χ1) is 17.5. The molecule has 2 aliphatic heterocycles. The van der Waals surface area contributed by atoms with Crippen LogP contribution in [-0.2, 0) is 6.54 Å². The lowest BCUT2D eigenvalue weighted by atomic mass is 9.99. The Morgan fingerprint density at radius 3 is 2.53 bits per heavy atom. The van der Waals surface area contributed by atoms with Crippen LogP contribution >= 0.6 is 0 Å². The van der Waals surface area contributed by atoms with Crippen molar-refractivity contribution in [1.29, 1.82) is 0 Å². The predicted octanol–water partition coefficient (Wildman–Crippen LogP) is 4.91. The standard InChI is InChI=1S/C29H34FN5O/c1-21-8-15-35(16-9-21)28-7-4-22(18-32-28)20-34-13-10-25(11-14-34)33-29(36)23-5-6-27(30)26(17-23)24-3-2-12-31-19-24/h2-7,12,17-19,21,25H,8-11,13-16,20H2,1H3,(H,33,36). The molecule has 1 N–H and O–H groups in total. The number of pyridine rings is 2. The second kappa shape index (κ2) is 11.2. The highest BCUT2D eigenvalue weighted by Gasteiger charge is 2.22. The number of aromatic nitrogens is 2. The third-order valence-electron chi connectivity index (χ3n) is 7.45. The van der Waals surface area contributed by atoms with Crippen LogP contribution in [0, 0.1) is 11.7 Å². The second-order valence-corrected chi connectivity index (χ2v) is 10.2. The topological polar surface area (TPSA) is 61.4 Å². The summed E-state index contributed by atoms with van der Waals surface area (Å²) in [5.41, 5.74) is 2.74. The van der Waals surface area contributed by atoms with Crippen molar-refractivity contribution < 1.29 is 9.18 Å². The van der Waals surface area contributed by atoms with E-state index in [9.17, 15) is 9.18 Å². The Morgan fingerprint density at radius 2 is 1.83 bits per heavy atom. The number of amides is 1. The van der Waals surface area contributed by atoms with Gasteiger partial charge < -0.3 is 10.2 Å². The Balaban J connectivity index is 1.11. The number of rotatable bonds is 6. The highest BCUT2D eigenvalue weighted by Crippen LogP contribution is 2.24. The van der Waals surface area contributed by atoms with Gasteiger partial charge in [0, 0.05) is 74.0 Å². The van der Waals surface area contributed by atoms with Crippen LogP contribution in [0.15, 0.2) is 61.1 Å². The van der Waals surface area contributed by atoms with Crippen LogP contribution in [0.3, 0.4) is 0 Å². The van der Waals surface area contributed by atoms with Gasteiger partial charge in [0.1, 0.15) is 11.6 Å². The maximum atomic E-state index is 14.4. The number of anilines is 1. The molecule has 0 radical (unpaired) electrons. The number of carbonyl (C=O) groups is 1. The summed E-state index contributed by atoms with van der Waals surface area (Å²) >= 11 is 0. The Labute approximate surface area is 212 Å². The van der Waals surface area contributed by atoms with E-state index in [1.807, 2.05) is 6.20 Å². The van der Waals surface area contributed by atoms with Crippen molar-refractivity contribution in [2.24, 2.45) is 5.92 Å². The molecule has 0 unspecified atom stereocenters. The minimum absolute atomic E-state index is 0.114. The average Bonchev–Trinajstić information content (AvgIpc) is 2.91. The molecule has 2 aromatic heterocycles. The van der Waals surface area contributed by atoms with E-state index in [2.05, 4.69) is 39.2 Å². The molecule has 6 nitrogen and oxygen atoms in total. The molecular formula is C29H34FN5O. The Kier molecular flexibility index (Phi) is 7.56. The fourth-order valence-electron chi connectivity index (χ4n) is 5.11. The van der Waals surface area contributed by atoms with Crippen molar-refractivity contribution in [2.75, 3.05) is 31.1 Å². The van der Waals surface area contributed by atoms with Crippen LogP contribution in [-0.4, -0.2) is 53.0 Å². The first-order valence-electron chi connectivity index (χ1n) is 13.0. The van der Waals surface area contributed by atoms with E-state index in [-0.39, 0.29) is 17.8 Å². The molecular weight excluding hydrogens is 453 g/mol. The molecule has 3 aromatic rings. The van der Waals surface area contributed by atoms with E-state index in [4.69, 9.17) is 4.98 Å². The molecule has 1 aromatic carbocycles. The minimum atomic E-state index is -0.360. The first kappa shape index (κ1) is 24.4. The number of carbonyl (C=O) groups excluding carboxylic acids is 1. The van der Waals surface area contributed by atoms with Gasteiger partial charge in [-0.3, -0.25) is 14.7 Å². The van der Waals surface area contributed by atoms with E-state index in [1.165, 1.54) is 24.5 Å². The van der Waals surface area contributed by atoms with Crippen molar-refractivity contribution in [3.05, 3.63) is 78.0 Å². The van der Waals surface area contributed by atoms with Gasteiger partial charge in [-0.05, 0) is 67.5 Å². The van der Waals surface area contributed by atoms with Crippen LogP contribution in [0.2, 0.25) is 0 Å². The normalized spacial score (nSPS) is 17.8. The fourth-order valence-corrected chi connectivity index (χ4v) is 5.11. The predicted molar refractivity (Wildman–Crippen MR) is 140 cm³/mol. The lowest BCUT2D eigenvalue weighted by Gasteiger charge is -2.33. The molecule has 5 rings (SSSR count). The highest BCUT2D eigenvalue weighted by molar-refractivity contribution is 5.95. The lowest BCUT2D eigenvalue weighted by Crippen LogP contribution is -2.44. The number of nitrogens with one attached hydrogen (secondary N) is 1. The molecule has 2 aliphatic rings. The SMILES string of the molecule is CC1CCN(c2ccc(CN3CCC(NC(=O)c4ccc(F)c(-c5cccnc5)c4)CC3)cn2)CC1. The van der Waals surface area contributed by atoms with Crippen LogP contribution in [0.1, 0.15) is 48.5 Å². The summed E-state index contributed by atoms with van der Waals surface area (Å²) in [6, 6.07) is 12.5. The quantitative estimate of drug-likeness (QED) is 0.535. The van der Waals surface area contributed by atoms with Gasteiger partial charge in [0.15, 0.2) is 0 Å². The molecule has 7 heteroatoms. The molecule has 188 valence electrons. The van der Waals surface area contributed by atoms with Crippen molar-refractivity contribution >= 4 is 11.7 Å². The maximum Gasteiger partial charge on any atom is 0.251 e. The van der Waals surface area contributed by atoms with E-state index in [1.54, 1.807) is 36.7 Å². The van der Waals surface area contributed by atoms with Gasteiger partial charge in [-0.2, -0.15) is 0 Å². The molecule has 4 heterocycles. The largest absolute Gasteiger partial charge is 0.357 e. The summed E-state index contributed by atoms with van der Waals surface area (Å²) in [7, 11) is 0.